The van der Waals surface area contributed by atoms with Gasteiger partial charge in [-0.05, 0) is 29.1 Å². The highest BCUT2D eigenvalue weighted by molar-refractivity contribution is 7.88. The zero-order chi connectivity index (χ0) is 17.9. The highest BCUT2D eigenvalue weighted by atomic mass is 32.2. The van der Waals surface area contributed by atoms with Gasteiger partial charge in [0.2, 0.25) is 10.0 Å². The van der Waals surface area contributed by atoms with Gasteiger partial charge in [-0.2, -0.15) is 9.57 Å². The molecule has 1 aliphatic rings. The second kappa shape index (κ2) is 7.35. The van der Waals surface area contributed by atoms with Crippen LogP contribution in [0.5, 0.6) is 0 Å². The number of thiophene rings is 1. The molecule has 0 aliphatic carbocycles. The summed E-state index contributed by atoms with van der Waals surface area (Å²) < 4.78 is 26.6. The summed E-state index contributed by atoms with van der Waals surface area (Å²) in [4.78, 5) is 14.7. The van der Waals surface area contributed by atoms with E-state index in [4.69, 9.17) is 5.26 Å². The van der Waals surface area contributed by atoms with Crippen LogP contribution in [0.1, 0.15) is 20.8 Å². The van der Waals surface area contributed by atoms with Gasteiger partial charge < -0.3 is 4.90 Å². The molecule has 1 aromatic carbocycles. The van der Waals surface area contributed by atoms with Crippen molar-refractivity contribution in [2.24, 2.45) is 0 Å². The molecule has 3 rings (SSSR count). The van der Waals surface area contributed by atoms with Crippen LogP contribution in [0.2, 0.25) is 0 Å². The lowest BCUT2D eigenvalue weighted by Crippen LogP contribution is -2.50. The van der Waals surface area contributed by atoms with E-state index >= 15 is 0 Å². The first kappa shape index (κ1) is 17.6. The van der Waals surface area contributed by atoms with Crippen molar-refractivity contribution < 1.29 is 13.2 Å². The Kier molecular flexibility index (Phi) is 5.18. The summed E-state index contributed by atoms with van der Waals surface area (Å²) in [7, 11) is -3.44. The number of nitrogens with zero attached hydrogens (tertiary/aromatic N) is 3. The number of sulfonamides is 1. The molecule has 0 unspecified atom stereocenters. The van der Waals surface area contributed by atoms with E-state index in [1.807, 2.05) is 17.5 Å². The lowest BCUT2D eigenvalue weighted by atomic mass is 10.2. The van der Waals surface area contributed by atoms with E-state index in [1.54, 1.807) is 35.2 Å². The Morgan fingerprint density at radius 1 is 1.12 bits per heavy atom. The van der Waals surface area contributed by atoms with E-state index in [2.05, 4.69) is 0 Å². The normalized spacial score (nSPS) is 15.7. The van der Waals surface area contributed by atoms with E-state index in [0.717, 1.165) is 0 Å². The molecule has 25 heavy (non-hydrogen) atoms. The first-order valence-electron chi connectivity index (χ1n) is 7.79. The van der Waals surface area contributed by atoms with Crippen molar-refractivity contribution in [1.29, 1.82) is 5.26 Å². The number of piperazine rings is 1. The van der Waals surface area contributed by atoms with Gasteiger partial charge in [-0.25, -0.2) is 8.42 Å². The molecular formula is C17H17N3O3S2. The van der Waals surface area contributed by atoms with E-state index in [1.165, 1.54) is 15.6 Å². The number of hydrogen-bond donors (Lipinski definition) is 0. The second-order valence-corrected chi connectivity index (χ2v) is 8.65. The van der Waals surface area contributed by atoms with Crippen LogP contribution in [0.3, 0.4) is 0 Å². The first-order chi connectivity index (χ1) is 12.0. The molecule has 130 valence electrons. The molecule has 0 atom stereocenters. The number of hydrogen-bond acceptors (Lipinski definition) is 5. The Bertz CT molecular complexity index is 876. The fraction of sp³-hybridized carbons (Fsp3) is 0.294. The monoisotopic (exact) mass is 375 g/mol. The van der Waals surface area contributed by atoms with Gasteiger partial charge in [-0.3, -0.25) is 4.79 Å². The van der Waals surface area contributed by atoms with Crippen LogP contribution in [0.15, 0.2) is 41.8 Å². The minimum Gasteiger partial charge on any atom is -0.335 e. The smallest absolute Gasteiger partial charge is 0.264 e. The Hall–Kier alpha value is -2.21. The molecule has 0 N–H and O–H groups in total. The highest BCUT2D eigenvalue weighted by Gasteiger charge is 2.29. The summed E-state index contributed by atoms with van der Waals surface area (Å²) >= 11 is 1.39. The third-order valence-corrected chi connectivity index (χ3v) is 6.79. The van der Waals surface area contributed by atoms with Crippen LogP contribution in [0.4, 0.5) is 0 Å². The van der Waals surface area contributed by atoms with Gasteiger partial charge in [-0.15, -0.1) is 11.3 Å². The Morgan fingerprint density at radius 3 is 2.36 bits per heavy atom. The van der Waals surface area contributed by atoms with Crippen molar-refractivity contribution in [1.82, 2.24) is 9.21 Å². The maximum Gasteiger partial charge on any atom is 0.264 e. The van der Waals surface area contributed by atoms with Crippen molar-refractivity contribution in [2.45, 2.75) is 5.75 Å². The Labute approximate surface area is 151 Å². The molecule has 0 saturated carbocycles. The average Bonchev–Trinajstić information content (AvgIpc) is 3.16. The zero-order valence-corrected chi connectivity index (χ0v) is 15.1. The van der Waals surface area contributed by atoms with Crippen molar-refractivity contribution >= 4 is 27.3 Å². The van der Waals surface area contributed by atoms with E-state index < -0.39 is 10.0 Å². The van der Waals surface area contributed by atoms with E-state index in [0.29, 0.717) is 42.2 Å². The molecule has 2 aromatic rings. The van der Waals surface area contributed by atoms with Crippen molar-refractivity contribution in [3.8, 4) is 6.07 Å². The molecule has 1 aliphatic heterocycles. The van der Waals surface area contributed by atoms with Crippen molar-refractivity contribution in [2.75, 3.05) is 26.2 Å². The average molecular weight is 375 g/mol. The number of carbonyl (C=O) groups excluding carboxylic acids is 1. The molecule has 0 radical (unpaired) electrons. The lowest BCUT2D eigenvalue weighted by Gasteiger charge is -2.33. The first-order valence-corrected chi connectivity index (χ1v) is 10.3. The third kappa shape index (κ3) is 4.07. The van der Waals surface area contributed by atoms with Crippen LogP contribution in [0, 0.1) is 11.3 Å². The fourth-order valence-electron chi connectivity index (χ4n) is 2.70. The van der Waals surface area contributed by atoms with E-state index in [-0.39, 0.29) is 11.7 Å². The number of amides is 1. The van der Waals surface area contributed by atoms with Crippen LogP contribution >= 0.6 is 11.3 Å². The molecular weight excluding hydrogens is 358 g/mol. The summed E-state index contributed by atoms with van der Waals surface area (Å²) in [5.74, 6) is -0.142. The van der Waals surface area contributed by atoms with E-state index in [9.17, 15) is 13.2 Å². The number of rotatable bonds is 4. The Balaban J connectivity index is 1.61. The van der Waals surface area contributed by atoms with Gasteiger partial charge in [0.1, 0.15) is 0 Å². The predicted octanol–water partition coefficient (Wildman–Crippen LogP) is 1.91. The van der Waals surface area contributed by atoms with Crippen molar-refractivity contribution in [3.63, 3.8) is 0 Å². The number of nitriles is 1. The van der Waals surface area contributed by atoms with Gasteiger partial charge in [0, 0.05) is 26.2 Å². The van der Waals surface area contributed by atoms with Gasteiger partial charge >= 0.3 is 0 Å². The minimum atomic E-state index is -3.44. The third-order valence-electron chi connectivity index (χ3n) is 4.08. The summed E-state index contributed by atoms with van der Waals surface area (Å²) in [6, 6.07) is 12.2. The SMILES string of the molecule is N#Cc1ccc(CS(=O)(=O)N2CCN(C(=O)c3cccs3)CC2)cc1. The Morgan fingerprint density at radius 2 is 1.80 bits per heavy atom. The maximum absolute atomic E-state index is 12.6. The molecule has 1 amide bonds. The zero-order valence-electron chi connectivity index (χ0n) is 13.5. The van der Waals surface area contributed by atoms with Gasteiger partial charge in [0.05, 0.1) is 22.3 Å². The summed E-state index contributed by atoms with van der Waals surface area (Å²) in [5.41, 5.74) is 1.15. The number of carbonyl (C=O) groups is 1. The number of benzene rings is 1. The minimum absolute atomic E-state index is 0.0425. The summed E-state index contributed by atoms with van der Waals surface area (Å²) in [5, 5.41) is 10.6. The second-order valence-electron chi connectivity index (χ2n) is 5.73. The maximum atomic E-state index is 12.6. The highest BCUT2D eigenvalue weighted by Crippen LogP contribution is 2.17. The largest absolute Gasteiger partial charge is 0.335 e. The fourth-order valence-corrected chi connectivity index (χ4v) is 4.91. The van der Waals surface area contributed by atoms with Gasteiger partial charge in [0.25, 0.3) is 5.91 Å². The summed E-state index contributed by atoms with van der Waals surface area (Å²) in [6.45, 7) is 1.39. The molecule has 6 nitrogen and oxygen atoms in total. The molecule has 0 spiro atoms. The lowest BCUT2D eigenvalue weighted by molar-refractivity contribution is 0.0702. The van der Waals surface area contributed by atoms with Crippen LogP contribution in [-0.2, 0) is 15.8 Å². The molecule has 1 aromatic heterocycles. The van der Waals surface area contributed by atoms with Crippen molar-refractivity contribution in [3.05, 3.63) is 57.8 Å². The molecule has 8 heteroatoms. The predicted molar refractivity (Wildman–Crippen MR) is 95.6 cm³/mol. The van der Waals surface area contributed by atoms with Gasteiger partial charge in [-0.1, -0.05) is 18.2 Å². The van der Waals surface area contributed by atoms with Crippen LogP contribution in [0.25, 0.3) is 0 Å². The summed E-state index contributed by atoms with van der Waals surface area (Å²) in [6.07, 6.45) is 0. The molecule has 1 saturated heterocycles. The topological polar surface area (TPSA) is 81.5 Å². The van der Waals surface area contributed by atoms with Crippen LogP contribution in [-0.4, -0.2) is 49.7 Å². The quantitative estimate of drug-likeness (QED) is 0.817. The molecule has 0 bridgehead atoms. The van der Waals surface area contributed by atoms with Crippen LogP contribution < -0.4 is 0 Å². The van der Waals surface area contributed by atoms with Gasteiger partial charge in [0.15, 0.2) is 0 Å². The molecule has 2 heterocycles. The molecule has 1 fully saturated rings. The standard InChI is InChI=1S/C17H17N3O3S2/c18-12-14-3-5-15(6-4-14)13-25(22,23)20-9-7-19(8-10-20)17(21)16-2-1-11-24-16/h1-6,11H,7-10,13H2.